The van der Waals surface area contributed by atoms with Gasteiger partial charge in [-0.05, 0) is 128 Å². The first kappa shape index (κ1) is 50.3. The van der Waals surface area contributed by atoms with Crippen molar-refractivity contribution in [3.63, 3.8) is 0 Å². The fraction of sp³-hybridized carbons (Fsp3) is 0.0488. The maximum atomic E-state index is 7.82. The molecule has 5 heterocycles. The summed E-state index contributed by atoms with van der Waals surface area (Å²) in [7, 11) is 0. The lowest BCUT2D eigenvalue weighted by molar-refractivity contribution is 0.399. The van der Waals surface area contributed by atoms with Gasteiger partial charge in [0.2, 0.25) is 0 Å². The quantitative estimate of drug-likeness (QED) is 0.155. The Kier molecular flexibility index (Phi) is 11.0. The molecule has 0 amide bonds. The van der Waals surface area contributed by atoms with Crippen molar-refractivity contribution in [3.8, 4) is 102 Å². The zero-order valence-corrected chi connectivity index (χ0v) is 48.4. The molecule has 0 fully saturated rings. The Morgan fingerprint density at radius 3 is 1.35 bits per heavy atom. The van der Waals surface area contributed by atoms with E-state index in [9.17, 15) is 0 Å². The van der Waals surface area contributed by atoms with Gasteiger partial charge in [-0.1, -0.05) is 232 Å². The van der Waals surface area contributed by atoms with Gasteiger partial charge in [0.05, 0.1) is 11.1 Å². The minimum absolute atomic E-state index is 0.283. The van der Waals surface area contributed by atoms with Gasteiger partial charge < -0.3 is 23.8 Å². The molecule has 13 aromatic carbocycles. The summed E-state index contributed by atoms with van der Waals surface area (Å²) in [6.07, 6.45) is 0. The maximum Gasteiger partial charge on any atom is 0.256 e. The first-order valence-corrected chi connectivity index (χ1v) is 30.3. The molecule has 18 rings (SSSR count). The van der Waals surface area contributed by atoms with Crippen LogP contribution >= 0.6 is 0 Å². The molecule has 0 bridgehead atoms. The second kappa shape index (κ2) is 19.2. The second-order valence-corrected chi connectivity index (χ2v) is 24.2. The highest BCUT2D eigenvalue weighted by Crippen LogP contribution is 2.62. The van der Waals surface area contributed by atoms with Crippen molar-refractivity contribution >= 4 is 40.2 Å². The summed E-state index contributed by atoms with van der Waals surface area (Å²) in [4.78, 5) is 2.51. The zero-order valence-electron chi connectivity index (χ0n) is 48.4. The van der Waals surface area contributed by atoms with Crippen LogP contribution in [0.1, 0.15) is 47.2 Å². The molecule has 13 aromatic rings. The number of hydrogen-bond acceptors (Lipinski definition) is 5. The summed E-state index contributed by atoms with van der Waals surface area (Å²) in [6.45, 7) is 4.39. The van der Waals surface area contributed by atoms with Gasteiger partial charge in [-0.2, -0.15) is 0 Å². The molecular formula is C82H54BNO4. The Labute approximate surface area is 512 Å². The van der Waals surface area contributed by atoms with Crippen LogP contribution in [0.2, 0.25) is 0 Å². The number of rotatable bonds is 6. The van der Waals surface area contributed by atoms with E-state index in [1.54, 1.807) is 0 Å². The SMILES string of the molecule is CC1(C)c2ccccc2Oc2cc3c(cc21)B1c2cc(-c4ccccc4)cc(-c4ccccc4)c2Oc2cc(-c4ccc5c(c4)C4(c6ccccc6Oc6ccccc64)c4ccccc4O5)cc(c21)N3c1ccc(-c2ccccc2)cc1-c1ccccc1. The minimum Gasteiger partial charge on any atom is -0.458 e. The van der Waals surface area contributed by atoms with E-state index in [0.717, 1.165) is 163 Å². The van der Waals surface area contributed by atoms with Crippen LogP contribution in [0.5, 0.6) is 46.0 Å². The van der Waals surface area contributed by atoms with Crippen LogP contribution < -0.4 is 40.2 Å². The highest BCUT2D eigenvalue weighted by Gasteiger charge is 2.51. The number of ether oxygens (including phenoxy) is 4. The molecule has 0 unspecified atom stereocenters. The highest BCUT2D eigenvalue weighted by molar-refractivity contribution is 6.99. The molecule has 5 nitrogen and oxygen atoms in total. The molecular weight excluding hydrogens is 1070 g/mol. The molecule has 0 atom stereocenters. The van der Waals surface area contributed by atoms with E-state index in [0.29, 0.717) is 0 Å². The Morgan fingerprint density at radius 2 is 0.739 bits per heavy atom. The van der Waals surface area contributed by atoms with Gasteiger partial charge in [-0.25, -0.2) is 0 Å². The standard InChI is InChI=1S/C82H54BNO4/c1-81(2)61-31-15-19-35-72(61)87-77-50-70-67(49-65(77)81)83-68-46-57(52-25-9-4-10-26-52)44-60(54-29-13-6-14-30-54)80(68)88-78-48-58(47-71(79(78)83)84(70)69-41-39-55(51-23-7-3-8-24-51)43-59(69)53-27-11-5-12-28-53)56-40-42-76-66(45-56)82(64-34-18-22-38-75(64)86-76)62-32-16-20-36-73(62)85-74-37-21-17-33-63(74)82/h3-50H,1-2H3. The number of anilines is 3. The number of hydrogen-bond donors (Lipinski definition) is 0. The predicted octanol–water partition coefficient (Wildman–Crippen LogP) is 19.5. The van der Waals surface area contributed by atoms with E-state index in [-0.39, 0.29) is 6.71 Å². The summed E-state index contributed by atoms with van der Waals surface area (Å²) in [6, 6.07) is 105. The first-order valence-electron chi connectivity index (χ1n) is 30.3. The molecule has 5 aliphatic rings. The molecule has 414 valence electrons. The van der Waals surface area contributed by atoms with Crippen molar-refractivity contribution in [1.29, 1.82) is 0 Å². The van der Waals surface area contributed by atoms with Crippen LogP contribution in [0.25, 0.3) is 55.6 Å². The molecule has 0 saturated carbocycles. The van der Waals surface area contributed by atoms with Gasteiger partial charge in [0.25, 0.3) is 6.71 Å². The van der Waals surface area contributed by atoms with Gasteiger partial charge >= 0.3 is 0 Å². The average Bonchev–Trinajstić information content (AvgIpc) is 0.711. The van der Waals surface area contributed by atoms with E-state index in [1.807, 2.05) is 0 Å². The molecule has 88 heavy (non-hydrogen) atoms. The van der Waals surface area contributed by atoms with Crippen molar-refractivity contribution in [2.75, 3.05) is 4.90 Å². The van der Waals surface area contributed by atoms with Gasteiger partial charge in [-0.15, -0.1) is 0 Å². The fourth-order valence-electron chi connectivity index (χ4n) is 15.0. The molecule has 0 saturated heterocycles. The van der Waals surface area contributed by atoms with Gasteiger partial charge in [0.15, 0.2) is 0 Å². The molecule has 1 spiro atoms. The van der Waals surface area contributed by atoms with E-state index < -0.39 is 10.8 Å². The summed E-state index contributed by atoms with van der Waals surface area (Å²) < 4.78 is 28.8. The molecule has 0 N–H and O–H groups in total. The summed E-state index contributed by atoms with van der Waals surface area (Å²) in [5.41, 5.74) is 22.5. The number of para-hydroxylation sites is 4. The van der Waals surface area contributed by atoms with Crippen molar-refractivity contribution < 1.29 is 18.9 Å². The Balaban J connectivity index is 0.952. The molecule has 0 aromatic heterocycles. The summed E-state index contributed by atoms with van der Waals surface area (Å²) >= 11 is 0. The zero-order chi connectivity index (χ0) is 58.2. The van der Waals surface area contributed by atoms with Crippen LogP contribution in [0.15, 0.2) is 291 Å². The Hall–Kier alpha value is -11.1. The largest absolute Gasteiger partial charge is 0.458 e. The maximum absolute atomic E-state index is 7.82. The van der Waals surface area contributed by atoms with E-state index in [2.05, 4.69) is 310 Å². The van der Waals surface area contributed by atoms with Crippen molar-refractivity contribution in [2.24, 2.45) is 0 Å². The molecule has 6 heteroatoms. The summed E-state index contributed by atoms with van der Waals surface area (Å²) in [5.74, 6) is 6.57. The third kappa shape index (κ3) is 7.42. The smallest absolute Gasteiger partial charge is 0.256 e. The van der Waals surface area contributed by atoms with Crippen LogP contribution in [0.3, 0.4) is 0 Å². The lowest BCUT2D eigenvalue weighted by Gasteiger charge is -2.45. The third-order valence-electron chi connectivity index (χ3n) is 19.1. The second-order valence-electron chi connectivity index (χ2n) is 24.2. The average molecular weight is 1130 g/mol. The number of nitrogens with zero attached hydrogens (tertiary/aromatic N) is 1. The monoisotopic (exact) mass is 1130 g/mol. The van der Waals surface area contributed by atoms with Crippen molar-refractivity contribution in [1.82, 2.24) is 0 Å². The topological polar surface area (TPSA) is 40.2 Å². The first-order chi connectivity index (χ1) is 43.4. The van der Waals surface area contributed by atoms with Crippen LogP contribution in [0.4, 0.5) is 17.1 Å². The van der Waals surface area contributed by atoms with Gasteiger partial charge in [-0.3, -0.25) is 0 Å². The molecule has 5 aliphatic heterocycles. The van der Waals surface area contributed by atoms with Crippen LogP contribution in [0, 0.1) is 0 Å². The van der Waals surface area contributed by atoms with Crippen LogP contribution in [-0.2, 0) is 10.8 Å². The van der Waals surface area contributed by atoms with E-state index >= 15 is 0 Å². The van der Waals surface area contributed by atoms with E-state index in [4.69, 9.17) is 18.9 Å². The van der Waals surface area contributed by atoms with Crippen molar-refractivity contribution in [2.45, 2.75) is 24.7 Å². The predicted molar refractivity (Wildman–Crippen MR) is 357 cm³/mol. The normalized spacial score (nSPS) is 14.3. The fourth-order valence-corrected chi connectivity index (χ4v) is 15.0. The molecule has 0 radical (unpaired) electrons. The third-order valence-corrected chi connectivity index (χ3v) is 19.1. The molecule has 0 aliphatic carbocycles. The van der Waals surface area contributed by atoms with Crippen LogP contribution in [-0.4, -0.2) is 6.71 Å². The highest BCUT2D eigenvalue weighted by atomic mass is 16.5. The number of benzene rings is 13. The Morgan fingerprint density at radius 1 is 0.273 bits per heavy atom. The lowest BCUT2D eigenvalue weighted by atomic mass is 9.33. The van der Waals surface area contributed by atoms with Gasteiger partial charge in [0.1, 0.15) is 46.0 Å². The summed E-state index contributed by atoms with van der Waals surface area (Å²) in [5, 5.41) is 0. The lowest BCUT2D eigenvalue weighted by Crippen LogP contribution is -2.60. The minimum atomic E-state index is -0.794. The van der Waals surface area contributed by atoms with E-state index in [1.165, 1.54) is 5.46 Å². The number of fused-ring (bicyclic) bond motifs is 14. The Bertz CT molecular complexity index is 4920. The van der Waals surface area contributed by atoms with Crippen molar-refractivity contribution in [3.05, 3.63) is 325 Å². The van der Waals surface area contributed by atoms with Gasteiger partial charge in [0, 0.05) is 67.4 Å².